The van der Waals surface area contributed by atoms with E-state index in [9.17, 15) is 0 Å². The summed E-state index contributed by atoms with van der Waals surface area (Å²) in [7, 11) is 1.93. The largest absolute Gasteiger partial charge is 0.367 e. The molecule has 26 heavy (non-hydrogen) atoms. The first-order valence-electron chi connectivity index (χ1n) is 9.14. The first kappa shape index (κ1) is 15.7. The van der Waals surface area contributed by atoms with Crippen LogP contribution < -0.4 is 4.90 Å². The van der Waals surface area contributed by atoms with Crippen molar-refractivity contribution in [2.45, 2.75) is 31.8 Å². The van der Waals surface area contributed by atoms with Crippen molar-refractivity contribution < 1.29 is 4.74 Å². The van der Waals surface area contributed by atoms with E-state index < -0.39 is 5.60 Å². The molecule has 1 aliphatic carbocycles. The normalized spacial score (nSPS) is 28.7. The van der Waals surface area contributed by atoms with Crippen molar-refractivity contribution in [2.75, 3.05) is 24.6 Å². The van der Waals surface area contributed by atoms with Gasteiger partial charge in [-0.2, -0.15) is 9.61 Å². The minimum absolute atomic E-state index is 0.399. The van der Waals surface area contributed by atoms with Crippen molar-refractivity contribution in [1.29, 1.82) is 0 Å². The monoisotopic (exact) mass is 353 g/mol. The van der Waals surface area contributed by atoms with E-state index in [-0.39, 0.29) is 0 Å². The van der Waals surface area contributed by atoms with Crippen molar-refractivity contribution in [3.05, 3.63) is 35.9 Å². The van der Waals surface area contributed by atoms with E-state index >= 15 is 0 Å². The molecule has 3 aromatic heterocycles. The van der Waals surface area contributed by atoms with Crippen LogP contribution in [0.15, 0.2) is 24.5 Å². The minimum atomic E-state index is -0.399. The van der Waals surface area contributed by atoms with Gasteiger partial charge in [-0.15, -0.1) is 15.3 Å². The third kappa shape index (κ3) is 2.47. The van der Waals surface area contributed by atoms with Crippen molar-refractivity contribution in [3.8, 4) is 0 Å². The SMILES string of the molecule is CC1CC1c1nnc2ccc(N3CCOC(C)(c4cnn(C)c4)C3)nn12. The molecule has 136 valence electrons. The van der Waals surface area contributed by atoms with Crippen molar-refractivity contribution >= 4 is 11.5 Å². The summed E-state index contributed by atoms with van der Waals surface area (Å²) < 4.78 is 9.85. The molecule has 3 unspecified atom stereocenters. The van der Waals surface area contributed by atoms with Crippen molar-refractivity contribution in [3.63, 3.8) is 0 Å². The summed E-state index contributed by atoms with van der Waals surface area (Å²) in [5.74, 6) is 3.08. The van der Waals surface area contributed by atoms with Gasteiger partial charge in [0.25, 0.3) is 0 Å². The first-order valence-corrected chi connectivity index (χ1v) is 9.14. The van der Waals surface area contributed by atoms with E-state index in [1.807, 2.05) is 40.8 Å². The lowest BCUT2D eigenvalue weighted by Gasteiger charge is -2.40. The molecule has 0 aromatic carbocycles. The Labute approximate surface area is 151 Å². The number of anilines is 1. The van der Waals surface area contributed by atoms with Crippen LogP contribution in [-0.4, -0.2) is 49.3 Å². The molecule has 5 rings (SSSR count). The van der Waals surface area contributed by atoms with Gasteiger partial charge in [0.2, 0.25) is 0 Å². The highest BCUT2D eigenvalue weighted by atomic mass is 16.5. The second-order valence-corrected chi connectivity index (χ2v) is 7.74. The van der Waals surface area contributed by atoms with Gasteiger partial charge in [-0.3, -0.25) is 4.68 Å². The highest BCUT2D eigenvalue weighted by Crippen LogP contribution is 2.45. The molecule has 1 saturated heterocycles. The standard InChI is InChI=1S/C18H23N7O/c1-12-8-14(12)17-21-20-15-4-5-16(22-25(15)17)24-6-7-26-18(2,11-24)13-9-19-23(3)10-13/h4-5,9-10,12,14H,6-8,11H2,1-3H3. The zero-order valence-corrected chi connectivity index (χ0v) is 15.3. The fourth-order valence-corrected chi connectivity index (χ4v) is 3.81. The van der Waals surface area contributed by atoms with Gasteiger partial charge in [-0.1, -0.05) is 6.92 Å². The summed E-state index contributed by atoms with van der Waals surface area (Å²) in [6.45, 7) is 6.56. The lowest BCUT2D eigenvalue weighted by Crippen LogP contribution is -2.48. The summed E-state index contributed by atoms with van der Waals surface area (Å²) in [6, 6.07) is 4.03. The number of fused-ring (bicyclic) bond motifs is 1. The average molecular weight is 353 g/mol. The number of hydrogen-bond donors (Lipinski definition) is 0. The van der Waals surface area contributed by atoms with Gasteiger partial charge in [0.1, 0.15) is 11.4 Å². The summed E-state index contributed by atoms with van der Waals surface area (Å²) in [4.78, 5) is 2.27. The molecule has 2 aliphatic rings. The third-order valence-corrected chi connectivity index (χ3v) is 5.63. The van der Waals surface area contributed by atoms with E-state index in [4.69, 9.17) is 9.84 Å². The molecule has 0 radical (unpaired) electrons. The number of rotatable bonds is 3. The lowest BCUT2D eigenvalue weighted by atomic mass is 9.97. The van der Waals surface area contributed by atoms with Crippen LogP contribution in [0.4, 0.5) is 5.82 Å². The Bertz CT molecular complexity index is 964. The predicted molar refractivity (Wildman–Crippen MR) is 96.0 cm³/mol. The summed E-state index contributed by atoms with van der Waals surface area (Å²) in [5.41, 5.74) is 1.50. The molecule has 0 spiro atoms. The van der Waals surface area contributed by atoms with Gasteiger partial charge in [0.15, 0.2) is 11.5 Å². The molecule has 1 saturated carbocycles. The lowest BCUT2D eigenvalue weighted by molar-refractivity contribution is -0.0468. The van der Waals surface area contributed by atoms with E-state index in [1.54, 1.807) is 0 Å². The molecule has 8 nitrogen and oxygen atoms in total. The van der Waals surface area contributed by atoms with Crippen LogP contribution in [0.3, 0.4) is 0 Å². The van der Waals surface area contributed by atoms with Crippen LogP contribution in [0.1, 0.15) is 37.6 Å². The number of morpholine rings is 1. The van der Waals surface area contributed by atoms with Crippen LogP contribution >= 0.6 is 0 Å². The van der Waals surface area contributed by atoms with Crippen LogP contribution in [0.25, 0.3) is 5.65 Å². The van der Waals surface area contributed by atoms with Gasteiger partial charge in [0.05, 0.1) is 19.3 Å². The summed E-state index contributed by atoms with van der Waals surface area (Å²) in [5, 5.41) is 17.8. The van der Waals surface area contributed by atoms with E-state index in [0.29, 0.717) is 18.4 Å². The number of nitrogens with zero attached hydrogens (tertiary/aromatic N) is 7. The van der Waals surface area contributed by atoms with Crippen molar-refractivity contribution in [2.24, 2.45) is 13.0 Å². The van der Waals surface area contributed by atoms with Gasteiger partial charge < -0.3 is 9.64 Å². The van der Waals surface area contributed by atoms with Crippen molar-refractivity contribution in [1.82, 2.24) is 29.6 Å². The highest BCUT2D eigenvalue weighted by Gasteiger charge is 2.39. The molecule has 2 fully saturated rings. The molecule has 0 bridgehead atoms. The Hall–Kier alpha value is -2.48. The Morgan fingerprint density at radius 3 is 2.85 bits per heavy atom. The van der Waals surface area contributed by atoms with Gasteiger partial charge in [0, 0.05) is 31.3 Å². The molecule has 0 amide bonds. The first-order chi connectivity index (χ1) is 12.5. The Morgan fingerprint density at radius 2 is 2.12 bits per heavy atom. The Balaban J connectivity index is 1.47. The fourth-order valence-electron chi connectivity index (χ4n) is 3.81. The van der Waals surface area contributed by atoms with Gasteiger partial charge in [-0.25, -0.2) is 0 Å². The minimum Gasteiger partial charge on any atom is -0.367 e. The quantitative estimate of drug-likeness (QED) is 0.714. The number of aryl methyl sites for hydroxylation is 1. The smallest absolute Gasteiger partial charge is 0.178 e. The highest BCUT2D eigenvalue weighted by molar-refractivity contribution is 5.47. The third-order valence-electron chi connectivity index (χ3n) is 5.63. The zero-order valence-electron chi connectivity index (χ0n) is 15.3. The predicted octanol–water partition coefficient (Wildman–Crippen LogP) is 1.73. The van der Waals surface area contributed by atoms with E-state index in [1.165, 1.54) is 6.42 Å². The Morgan fingerprint density at radius 1 is 1.27 bits per heavy atom. The van der Waals surface area contributed by atoms with Gasteiger partial charge >= 0.3 is 0 Å². The summed E-state index contributed by atoms with van der Waals surface area (Å²) >= 11 is 0. The molecule has 3 atom stereocenters. The fraction of sp³-hybridized carbons (Fsp3) is 0.556. The number of hydrogen-bond acceptors (Lipinski definition) is 6. The molecular formula is C18H23N7O. The van der Waals surface area contributed by atoms with E-state index in [0.717, 1.165) is 35.9 Å². The molecule has 1 aliphatic heterocycles. The molecule has 8 heteroatoms. The average Bonchev–Trinajstić information content (AvgIpc) is 3.03. The number of aromatic nitrogens is 6. The topological polar surface area (TPSA) is 73.4 Å². The maximum absolute atomic E-state index is 6.12. The van der Waals surface area contributed by atoms with E-state index in [2.05, 4.69) is 34.0 Å². The maximum Gasteiger partial charge on any atom is 0.178 e. The zero-order chi connectivity index (χ0) is 17.9. The second-order valence-electron chi connectivity index (χ2n) is 7.74. The number of ether oxygens (including phenoxy) is 1. The Kier molecular flexibility index (Phi) is 3.34. The van der Waals surface area contributed by atoms with Crippen LogP contribution in [-0.2, 0) is 17.4 Å². The molecule has 0 N–H and O–H groups in total. The summed E-state index contributed by atoms with van der Waals surface area (Å²) in [6.07, 6.45) is 5.07. The van der Waals surface area contributed by atoms with Crippen LogP contribution in [0.2, 0.25) is 0 Å². The molecule has 3 aromatic rings. The van der Waals surface area contributed by atoms with Gasteiger partial charge in [-0.05, 0) is 31.4 Å². The maximum atomic E-state index is 6.12. The second kappa shape index (κ2) is 5.51. The molecule has 4 heterocycles. The van der Waals surface area contributed by atoms with Crippen LogP contribution in [0.5, 0.6) is 0 Å². The molecular weight excluding hydrogens is 330 g/mol. The van der Waals surface area contributed by atoms with Crippen LogP contribution in [0, 0.1) is 5.92 Å².